The number of rotatable bonds is 8. The van der Waals surface area contributed by atoms with Gasteiger partial charge in [0.15, 0.2) is 0 Å². The number of piperidine rings is 1. The maximum Gasteiger partial charge on any atom is 0.244 e. The van der Waals surface area contributed by atoms with Crippen LogP contribution in [0.2, 0.25) is 0 Å². The highest BCUT2D eigenvalue weighted by atomic mass is 16.5. The zero-order chi connectivity index (χ0) is 23.3. The minimum Gasteiger partial charge on any atom is -0.506 e. The van der Waals surface area contributed by atoms with Crippen molar-refractivity contribution in [1.82, 2.24) is 4.90 Å². The van der Waals surface area contributed by atoms with Gasteiger partial charge in [-0.3, -0.25) is 10.2 Å². The minimum absolute atomic E-state index is 0.0742. The summed E-state index contributed by atoms with van der Waals surface area (Å²) in [6, 6.07) is 12.3. The molecule has 1 amide bonds. The van der Waals surface area contributed by atoms with Crippen molar-refractivity contribution in [3.63, 3.8) is 0 Å². The van der Waals surface area contributed by atoms with Crippen LogP contribution >= 0.6 is 0 Å². The van der Waals surface area contributed by atoms with E-state index in [9.17, 15) is 9.90 Å². The summed E-state index contributed by atoms with van der Waals surface area (Å²) in [4.78, 5) is 17.0. The van der Waals surface area contributed by atoms with Gasteiger partial charge in [-0.15, -0.1) is 0 Å². The third-order valence-corrected chi connectivity index (χ3v) is 5.66. The van der Waals surface area contributed by atoms with Crippen LogP contribution in [-0.4, -0.2) is 60.6 Å². The number of aromatic hydroxyl groups is 1. The number of nitrogen functional groups attached to an aromatic ring is 1. The summed E-state index contributed by atoms with van der Waals surface area (Å²) in [6.45, 7) is 6.23. The minimum atomic E-state index is -0.277. The number of hydrogen-bond donors (Lipinski definition) is 4. The number of phenols is 1. The first kappa shape index (κ1) is 23.4. The lowest BCUT2D eigenvalue weighted by Crippen LogP contribution is -2.38. The van der Waals surface area contributed by atoms with Crippen LogP contribution < -0.4 is 20.7 Å². The van der Waals surface area contributed by atoms with Gasteiger partial charge >= 0.3 is 0 Å². The smallest absolute Gasteiger partial charge is 0.244 e. The Hall–Kier alpha value is -3.26. The van der Waals surface area contributed by atoms with Crippen LogP contribution in [0, 0.1) is 5.41 Å². The number of carbonyl (C=O) groups is 1. The van der Waals surface area contributed by atoms with Crippen molar-refractivity contribution in [2.24, 2.45) is 5.73 Å². The third-order valence-electron chi connectivity index (χ3n) is 5.66. The van der Waals surface area contributed by atoms with Crippen molar-refractivity contribution < 1.29 is 14.6 Å². The van der Waals surface area contributed by atoms with E-state index in [-0.39, 0.29) is 41.9 Å². The molecule has 2 aromatic rings. The van der Waals surface area contributed by atoms with Crippen LogP contribution in [0.4, 0.5) is 11.4 Å². The second-order valence-corrected chi connectivity index (χ2v) is 8.53. The van der Waals surface area contributed by atoms with Crippen molar-refractivity contribution in [3.05, 3.63) is 48.0 Å². The molecule has 0 spiro atoms. The van der Waals surface area contributed by atoms with Crippen molar-refractivity contribution in [2.45, 2.75) is 38.8 Å². The number of phenolic OH excluding ortho intramolecular Hbond substituents is 1. The maximum atomic E-state index is 12.7. The quantitative estimate of drug-likeness (QED) is 0.286. The molecule has 172 valence electrons. The molecular formula is C24H33N5O3. The number of benzene rings is 2. The molecule has 3 rings (SSSR count). The van der Waals surface area contributed by atoms with Gasteiger partial charge in [0.25, 0.3) is 0 Å². The number of amides is 1. The zero-order valence-corrected chi connectivity index (χ0v) is 19.0. The Morgan fingerprint density at radius 3 is 2.50 bits per heavy atom. The number of amidine groups is 1. The Kier molecular flexibility index (Phi) is 7.58. The SMILES string of the molecule is CC(C)N(CC(=O)Nc1cc(C(=N)N)ccc1O)c1ccc(OC2CCN(C)CC2)cc1. The first-order valence-electron chi connectivity index (χ1n) is 10.9. The van der Waals surface area contributed by atoms with E-state index in [1.807, 2.05) is 43.0 Å². The molecule has 1 saturated heterocycles. The first-order valence-corrected chi connectivity index (χ1v) is 10.9. The van der Waals surface area contributed by atoms with Crippen LogP contribution in [0.1, 0.15) is 32.3 Å². The summed E-state index contributed by atoms with van der Waals surface area (Å²) < 4.78 is 6.12. The molecule has 1 heterocycles. The predicted octanol–water partition coefficient (Wildman–Crippen LogP) is 3.00. The predicted molar refractivity (Wildman–Crippen MR) is 128 cm³/mol. The number of nitrogens with zero attached hydrogens (tertiary/aromatic N) is 2. The Morgan fingerprint density at radius 1 is 1.25 bits per heavy atom. The summed E-state index contributed by atoms with van der Waals surface area (Å²) in [5, 5.41) is 20.3. The number of ether oxygens (including phenoxy) is 1. The van der Waals surface area contributed by atoms with Crippen LogP contribution in [0.3, 0.4) is 0 Å². The molecule has 0 aliphatic carbocycles. The van der Waals surface area contributed by atoms with Crippen LogP contribution in [0.25, 0.3) is 0 Å². The average Bonchev–Trinajstić information content (AvgIpc) is 2.75. The molecule has 0 aromatic heterocycles. The summed E-state index contributed by atoms with van der Waals surface area (Å²) in [5.74, 6) is 0.352. The monoisotopic (exact) mass is 439 g/mol. The van der Waals surface area contributed by atoms with Gasteiger partial charge in [0.2, 0.25) is 5.91 Å². The summed E-state index contributed by atoms with van der Waals surface area (Å²) in [7, 11) is 2.13. The standard InChI is InChI=1S/C24H33N5O3/c1-16(2)29(15-23(31)27-21-14-17(24(25)26)4-9-22(21)30)18-5-7-19(8-6-18)32-20-10-12-28(3)13-11-20/h4-9,14,16,20,30H,10-13,15H2,1-3H3,(H3,25,26)(H,27,31). The third kappa shape index (κ3) is 6.13. The van der Waals surface area contributed by atoms with E-state index < -0.39 is 0 Å². The number of hydrogen-bond acceptors (Lipinski definition) is 6. The molecule has 1 fully saturated rings. The molecule has 0 unspecified atom stereocenters. The van der Waals surface area contributed by atoms with E-state index in [0.717, 1.165) is 37.4 Å². The molecular weight excluding hydrogens is 406 g/mol. The Balaban J connectivity index is 1.64. The second kappa shape index (κ2) is 10.4. The largest absolute Gasteiger partial charge is 0.506 e. The first-order chi connectivity index (χ1) is 15.2. The van der Waals surface area contributed by atoms with Gasteiger partial charge in [0.1, 0.15) is 23.4 Å². The van der Waals surface area contributed by atoms with E-state index in [4.69, 9.17) is 15.9 Å². The van der Waals surface area contributed by atoms with Gasteiger partial charge in [-0.05, 0) is 76.2 Å². The van der Waals surface area contributed by atoms with Gasteiger partial charge in [-0.1, -0.05) is 0 Å². The van der Waals surface area contributed by atoms with Crippen molar-refractivity contribution in [2.75, 3.05) is 36.9 Å². The van der Waals surface area contributed by atoms with Crippen molar-refractivity contribution in [3.8, 4) is 11.5 Å². The maximum absolute atomic E-state index is 12.7. The van der Waals surface area contributed by atoms with Crippen molar-refractivity contribution >= 4 is 23.1 Å². The van der Waals surface area contributed by atoms with Crippen LogP contribution in [-0.2, 0) is 4.79 Å². The lowest BCUT2D eigenvalue weighted by molar-refractivity contribution is -0.115. The molecule has 0 atom stereocenters. The molecule has 1 aliphatic rings. The van der Waals surface area contributed by atoms with E-state index in [1.54, 1.807) is 0 Å². The molecule has 32 heavy (non-hydrogen) atoms. The van der Waals surface area contributed by atoms with E-state index in [0.29, 0.717) is 5.56 Å². The van der Waals surface area contributed by atoms with Gasteiger partial charge in [0, 0.05) is 30.4 Å². The summed E-state index contributed by atoms with van der Waals surface area (Å²) in [6.07, 6.45) is 2.28. The molecule has 0 saturated carbocycles. The number of likely N-dealkylation sites (tertiary alicyclic amines) is 1. The molecule has 1 aliphatic heterocycles. The Labute approximate surface area is 189 Å². The molecule has 0 bridgehead atoms. The number of anilines is 2. The number of nitrogens with two attached hydrogens (primary N) is 1. The number of carbonyl (C=O) groups excluding carboxylic acids is 1. The highest BCUT2D eigenvalue weighted by Gasteiger charge is 2.19. The highest BCUT2D eigenvalue weighted by Crippen LogP contribution is 2.26. The number of nitrogens with one attached hydrogen (secondary N) is 2. The fourth-order valence-corrected chi connectivity index (χ4v) is 3.73. The molecule has 8 heteroatoms. The topological polar surface area (TPSA) is 115 Å². The van der Waals surface area contributed by atoms with Crippen molar-refractivity contribution in [1.29, 1.82) is 5.41 Å². The fraction of sp³-hybridized carbons (Fsp3) is 0.417. The van der Waals surface area contributed by atoms with Gasteiger partial charge in [-0.2, -0.15) is 0 Å². The lowest BCUT2D eigenvalue weighted by Gasteiger charge is -2.30. The van der Waals surface area contributed by atoms with Gasteiger partial charge in [-0.25, -0.2) is 0 Å². The summed E-state index contributed by atoms with van der Waals surface area (Å²) >= 11 is 0. The molecule has 5 N–H and O–H groups in total. The van der Waals surface area contributed by atoms with Crippen LogP contribution in [0.15, 0.2) is 42.5 Å². The van der Waals surface area contributed by atoms with Gasteiger partial charge < -0.3 is 30.7 Å². The van der Waals surface area contributed by atoms with E-state index in [2.05, 4.69) is 17.3 Å². The Morgan fingerprint density at radius 2 is 1.91 bits per heavy atom. The average molecular weight is 440 g/mol. The second-order valence-electron chi connectivity index (χ2n) is 8.53. The normalized spacial score (nSPS) is 14.9. The fourth-order valence-electron chi connectivity index (χ4n) is 3.73. The zero-order valence-electron chi connectivity index (χ0n) is 19.0. The van der Waals surface area contributed by atoms with E-state index >= 15 is 0 Å². The Bertz CT molecular complexity index is 937. The molecule has 8 nitrogen and oxygen atoms in total. The summed E-state index contributed by atoms with van der Waals surface area (Å²) in [5.41, 5.74) is 7.07. The lowest BCUT2D eigenvalue weighted by atomic mass is 10.1. The molecule has 0 radical (unpaired) electrons. The highest BCUT2D eigenvalue weighted by molar-refractivity contribution is 5.99. The van der Waals surface area contributed by atoms with Crippen LogP contribution in [0.5, 0.6) is 11.5 Å². The molecule has 2 aromatic carbocycles. The van der Waals surface area contributed by atoms with Gasteiger partial charge in [0.05, 0.1) is 12.2 Å². The van der Waals surface area contributed by atoms with E-state index in [1.165, 1.54) is 18.2 Å².